The monoisotopic (exact) mass is 407 g/mol. The molecule has 0 bridgehead atoms. The Hall–Kier alpha value is -2.68. The summed E-state index contributed by atoms with van der Waals surface area (Å²) in [5.41, 5.74) is 1.92. The van der Waals surface area contributed by atoms with Crippen molar-refractivity contribution in [3.63, 3.8) is 0 Å². The van der Waals surface area contributed by atoms with Gasteiger partial charge in [-0.15, -0.1) is 10.2 Å². The molecule has 0 amide bonds. The van der Waals surface area contributed by atoms with E-state index in [-0.39, 0.29) is 5.25 Å². The van der Waals surface area contributed by atoms with E-state index >= 15 is 0 Å². The van der Waals surface area contributed by atoms with Crippen molar-refractivity contribution in [2.24, 2.45) is 0 Å². The van der Waals surface area contributed by atoms with E-state index < -0.39 is 11.7 Å². The number of thioether (sulfide) groups is 1. The van der Waals surface area contributed by atoms with E-state index in [1.807, 2.05) is 50.2 Å². The molecular weight excluding hydrogens is 387 g/mol. The predicted molar refractivity (Wildman–Crippen MR) is 106 cm³/mol. The van der Waals surface area contributed by atoms with E-state index in [1.54, 1.807) is 0 Å². The van der Waals surface area contributed by atoms with Crippen molar-refractivity contribution in [3.8, 4) is 11.4 Å². The number of alkyl halides is 3. The summed E-state index contributed by atoms with van der Waals surface area (Å²) in [6.45, 7) is 1.88. The smallest absolute Gasteiger partial charge is 0.378 e. The number of anilines is 1. The van der Waals surface area contributed by atoms with Gasteiger partial charge in [-0.25, -0.2) is 4.68 Å². The van der Waals surface area contributed by atoms with E-state index in [4.69, 9.17) is 5.84 Å². The normalized spacial score (nSPS) is 12.8. The standard InChI is InChI=1S/C19H20F3N5S/c1-12(13-7-9-15(10-8-13)19(20,21)22)28-18-25-24-17(27(18)23)14-5-4-6-16(11-14)26(2)3/h4-12H,23H2,1-3H3. The molecular formula is C19H20F3N5S. The highest BCUT2D eigenvalue weighted by Crippen LogP contribution is 2.36. The maximum absolute atomic E-state index is 12.7. The number of halogens is 3. The Kier molecular flexibility index (Phi) is 5.55. The van der Waals surface area contributed by atoms with E-state index in [2.05, 4.69) is 10.2 Å². The van der Waals surface area contributed by atoms with Crippen LogP contribution in [0.4, 0.5) is 18.9 Å². The Balaban J connectivity index is 1.80. The van der Waals surface area contributed by atoms with Crippen LogP contribution in [0.15, 0.2) is 53.7 Å². The highest BCUT2D eigenvalue weighted by atomic mass is 32.2. The van der Waals surface area contributed by atoms with Crippen molar-refractivity contribution >= 4 is 17.4 Å². The number of hydrogen-bond donors (Lipinski definition) is 1. The molecule has 0 aliphatic carbocycles. The third kappa shape index (κ3) is 4.24. The number of nitrogens with zero attached hydrogens (tertiary/aromatic N) is 4. The first-order valence-electron chi connectivity index (χ1n) is 8.49. The highest BCUT2D eigenvalue weighted by molar-refractivity contribution is 7.99. The second-order valence-corrected chi connectivity index (χ2v) is 7.81. The van der Waals surface area contributed by atoms with Gasteiger partial charge in [0.1, 0.15) is 0 Å². The zero-order valence-electron chi connectivity index (χ0n) is 15.6. The van der Waals surface area contributed by atoms with Crippen LogP contribution in [0, 0.1) is 0 Å². The molecule has 148 valence electrons. The maximum Gasteiger partial charge on any atom is 0.416 e. The largest absolute Gasteiger partial charge is 0.416 e. The van der Waals surface area contributed by atoms with Gasteiger partial charge in [-0.1, -0.05) is 36.0 Å². The number of nitrogen functional groups attached to an aromatic ring is 1. The van der Waals surface area contributed by atoms with Crippen LogP contribution in [-0.2, 0) is 6.18 Å². The highest BCUT2D eigenvalue weighted by Gasteiger charge is 2.30. The summed E-state index contributed by atoms with van der Waals surface area (Å²) < 4.78 is 39.6. The van der Waals surface area contributed by atoms with Crippen molar-refractivity contribution < 1.29 is 13.2 Å². The average Bonchev–Trinajstić information content (AvgIpc) is 3.01. The lowest BCUT2D eigenvalue weighted by molar-refractivity contribution is -0.137. The third-order valence-corrected chi connectivity index (χ3v) is 5.39. The third-order valence-electron chi connectivity index (χ3n) is 4.27. The van der Waals surface area contributed by atoms with Crippen LogP contribution >= 0.6 is 11.8 Å². The van der Waals surface area contributed by atoms with Gasteiger partial charge in [-0.2, -0.15) is 13.2 Å². The van der Waals surface area contributed by atoms with Crippen LogP contribution < -0.4 is 10.7 Å². The lowest BCUT2D eigenvalue weighted by atomic mass is 10.1. The van der Waals surface area contributed by atoms with Crippen molar-refractivity contribution in [1.29, 1.82) is 0 Å². The minimum absolute atomic E-state index is 0.144. The van der Waals surface area contributed by atoms with Gasteiger partial charge >= 0.3 is 6.18 Å². The molecule has 3 rings (SSSR count). The molecule has 28 heavy (non-hydrogen) atoms. The van der Waals surface area contributed by atoms with Crippen LogP contribution in [0.5, 0.6) is 0 Å². The topological polar surface area (TPSA) is 60.0 Å². The number of nitrogens with two attached hydrogens (primary N) is 1. The Bertz CT molecular complexity index is 951. The molecule has 2 N–H and O–H groups in total. The molecule has 9 heteroatoms. The van der Waals surface area contributed by atoms with Crippen molar-refractivity contribution in [3.05, 3.63) is 59.7 Å². The van der Waals surface area contributed by atoms with Crippen LogP contribution in [0.3, 0.4) is 0 Å². The van der Waals surface area contributed by atoms with Gasteiger partial charge in [-0.3, -0.25) is 0 Å². The van der Waals surface area contributed by atoms with Crippen molar-refractivity contribution in [2.45, 2.75) is 23.5 Å². The minimum atomic E-state index is -4.34. The van der Waals surface area contributed by atoms with E-state index in [9.17, 15) is 13.2 Å². The zero-order chi connectivity index (χ0) is 20.5. The van der Waals surface area contributed by atoms with Gasteiger partial charge in [0.15, 0.2) is 5.82 Å². The SMILES string of the molecule is CC(Sc1nnc(-c2cccc(N(C)C)c2)n1N)c1ccc(C(F)(F)F)cc1. The molecule has 0 saturated carbocycles. The number of aromatic nitrogens is 3. The molecule has 0 aliphatic rings. The molecule has 0 radical (unpaired) electrons. The Labute approximate surface area is 165 Å². The van der Waals surface area contributed by atoms with Gasteiger partial charge in [0.25, 0.3) is 0 Å². The summed E-state index contributed by atoms with van der Waals surface area (Å²) in [6.07, 6.45) is -4.34. The molecule has 2 aromatic carbocycles. The van der Waals surface area contributed by atoms with Crippen molar-refractivity contribution in [2.75, 3.05) is 24.8 Å². The van der Waals surface area contributed by atoms with Gasteiger partial charge in [0.2, 0.25) is 5.16 Å². The minimum Gasteiger partial charge on any atom is -0.378 e. The molecule has 1 unspecified atom stereocenters. The van der Waals surface area contributed by atoms with Crippen LogP contribution in [0.1, 0.15) is 23.3 Å². The second kappa shape index (κ2) is 7.75. The fraction of sp³-hybridized carbons (Fsp3) is 0.263. The van der Waals surface area contributed by atoms with E-state index in [0.717, 1.165) is 28.9 Å². The van der Waals surface area contributed by atoms with Gasteiger partial charge < -0.3 is 10.7 Å². The summed E-state index contributed by atoms with van der Waals surface area (Å²) >= 11 is 1.34. The fourth-order valence-electron chi connectivity index (χ4n) is 2.65. The molecule has 1 heterocycles. The second-order valence-electron chi connectivity index (χ2n) is 6.50. The average molecular weight is 407 g/mol. The molecule has 0 spiro atoms. The summed E-state index contributed by atoms with van der Waals surface area (Å²) in [5, 5.41) is 8.67. The Morgan fingerprint density at radius 1 is 1.07 bits per heavy atom. The summed E-state index contributed by atoms with van der Waals surface area (Å²) in [6, 6.07) is 12.9. The summed E-state index contributed by atoms with van der Waals surface area (Å²) in [4.78, 5) is 1.98. The van der Waals surface area contributed by atoms with Gasteiger partial charge in [0, 0.05) is 30.6 Å². The lowest BCUT2D eigenvalue weighted by Crippen LogP contribution is -2.13. The van der Waals surface area contributed by atoms with E-state index in [1.165, 1.54) is 28.6 Å². The van der Waals surface area contributed by atoms with Gasteiger partial charge in [0.05, 0.1) is 5.56 Å². The fourth-order valence-corrected chi connectivity index (χ4v) is 3.54. The van der Waals surface area contributed by atoms with Crippen LogP contribution in [0.2, 0.25) is 0 Å². The molecule has 3 aromatic rings. The first kappa shape index (κ1) is 20.1. The Morgan fingerprint density at radius 3 is 2.36 bits per heavy atom. The number of hydrogen-bond acceptors (Lipinski definition) is 5. The Morgan fingerprint density at radius 2 is 1.75 bits per heavy atom. The van der Waals surface area contributed by atoms with Crippen molar-refractivity contribution in [1.82, 2.24) is 14.9 Å². The van der Waals surface area contributed by atoms with Gasteiger partial charge in [-0.05, 0) is 36.8 Å². The quantitative estimate of drug-likeness (QED) is 0.495. The maximum atomic E-state index is 12.7. The molecule has 5 nitrogen and oxygen atoms in total. The predicted octanol–water partition coefficient (Wildman–Crippen LogP) is 4.60. The lowest BCUT2D eigenvalue weighted by Gasteiger charge is -2.14. The molecule has 1 atom stereocenters. The first-order valence-corrected chi connectivity index (χ1v) is 9.37. The zero-order valence-corrected chi connectivity index (χ0v) is 16.4. The summed E-state index contributed by atoms with van der Waals surface area (Å²) in [5.74, 6) is 6.70. The van der Waals surface area contributed by atoms with Crippen LogP contribution in [-0.4, -0.2) is 29.0 Å². The van der Waals surface area contributed by atoms with E-state index in [0.29, 0.717) is 11.0 Å². The molecule has 0 aliphatic heterocycles. The first-order chi connectivity index (χ1) is 13.2. The van der Waals surface area contributed by atoms with Crippen LogP contribution in [0.25, 0.3) is 11.4 Å². The molecule has 0 fully saturated rings. The number of benzene rings is 2. The molecule has 0 saturated heterocycles. The molecule has 1 aromatic heterocycles. The summed E-state index contributed by atoms with van der Waals surface area (Å²) in [7, 11) is 3.89. The number of rotatable bonds is 5.